The van der Waals surface area contributed by atoms with Gasteiger partial charge in [-0.15, -0.1) is 0 Å². The Morgan fingerprint density at radius 1 is 1.32 bits per heavy atom. The van der Waals surface area contributed by atoms with E-state index in [1.54, 1.807) is 20.1 Å². The summed E-state index contributed by atoms with van der Waals surface area (Å²) in [5, 5.41) is 3.72. The number of fused-ring (bicyclic) bond motifs is 1. The zero-order valence-corrected chi connectivity index (χ0v) is 16.4. The fourth-order valence-electron chi connectivity index (χ4n) is 3.23. The summed E-state index contributed by atoms with van der Waals surface area (Å²) in [6.45, 7) is 8.16. The average molecular weight is 379 g/mol. The van der Waals surface area contributed by atoms with E-state index in [9.17, 15) is 4.79 Å². The molecule has 3 N–H and O–H groups in total. The van der Waals surface area contributed by atoms with Gasteiger partial charge in [0.2, 0.25) is 0 Å². The molecule has 3 rings (SSSR count). The predicted octanol–water partition coefficient (Wildman–Crippen LogP) is 5.04. The quantitative estimate of drug-likeness (QED) is 0.588. The molecule has 6 heteroatoms. The normalized spacial score (nSPS) is 11.8. The fraction of sp³-hybridized carbons (Fsp3) is 0.227. The maximum atomic E-state index is 12.0. The Bertz CT molecular complexity index is 1020. The smallest absolute Gasteiger partial charge is 0.412 e. The van der Waals surface area contributed by atoms with Gasteiger partial charge in [-0.1, -0.05) is 24.8 Å². The van der Waals surface area contributed by atoms with Crippen LogP contribution in [-0.4, -0.2) is 23.9 Å². The van der Waals surface area contributed by atoms with Crippen LogP contribution in [0.4, 0.5) is 16.2 Å². The van der Waals surface area contributed by atoms with Gasteiger partial charge in [0.15, 0.2) is 0 Å². The number of nitrogens with zero attached hydrogens (tertiary/aromatic N) is 1. The molecule has 0 aliphatic carbocycles. The number of carbonyl (C=O) groups excluding carboxylic acids is 1. The van der Waals surface area contributed by atoms with Crippen molar-refractivity contribution < 1.29 is 14.3 Å². The van der Waals surface area contributed by atoms with E-state index in [1.807, 2.05) is 42.5 Å². The Kier molecular flexibility index (Phi) is 5.59. The number of amides is 1. The summed E-state index contributed by atoms with van der Waals surface area (Å²) in [6.07, 6.45) is 0.666. The summed E-state index contributed by atoms with van der Waals surface area (Å²) < 4.78 is 12.7. The summed E-state index contributed by atoms with van der Waals surface area (Å²) in [4.78, 5) is 12.0. The van der Waals surface area contributed by atoms with Gasteiger partial charge in [0.25, 0.3) is 0 Å². The summed E-state index contributed by atoms with van der Waals surface area (Å²) in [5.74, 6) is 0.778. The molecule has 1 heterocycles. The van der Waals surface area contributed by atoms with Gasteiger partial charge in [-0.25, -0.2) is 4.79 Å². The lowest BCUT2D eigenvalue weighted by atomic mass is 10.1. The molecule has 0 aliphatic heterocycles. The first-order valence-electron chi connectivity index (χ1n) is 9.14. The molecule has 28 heavy (non-hydrogen) atoms. The molecule has 1 atom stereocenters. The monoisotopic (exact) mass is 379 g/mol. The number of carbonyl (C=O) groups is 1. The molecule has 6 nitrogen and oxygen atoms in total. The minimum Gasteiger partial charge on any atom is -0.497 e. The number of nitrogens with one attached hydrogen (secondary N) is 1. The van der Waals surface area contributed by atoms with Crippen molar-refractivity contribution in [3.05, 3.63) is 55.1 Å². The minimum atomic E-state index is -0.529. The van der Waals surface area contributed by atoms with E-state index >= 15 is 0 Å². The number of benzene rings is 2. The molecule has 1 aromatic heterocycles. The van der Waals surface area contributed by atoms with E-state index in [0.29, 0.717) is 11.4 Å². The molecule has 1 amide bonds. The third kappa shape index (κ3) is 3.67. The Hall–Kier alpha value is -3.41. The molecule has 3 aromatic rings. The number of anilines is 2. The number of nitrogen functional groups attached to an aromatic ring is 1. The van der Waals surface area contributed by atoms with Crippen molar-refractivity contribution in [2.45, 2.75) is 26.5 Å². The molecule has 0 spiro atoms. The lowest BCUT2D eigenvalue weighted by Gasteiger charge is -2.13. The molecule has 0 aliphatic rings. The third-order valence-corrected chi connectivity index (χ3v) is 4.63. The molecule has 0 radical (unpaired) electrons. The number of methoxy groups -OCH3 is 1. The van der Waals surface area contributed by atoms with Gasteiger partial charge < -0.3 is 19.8 Å². The number of hydrogen-bond acceptors (Lipinski definition) is 4. The van der Waals surface area contributed by atoms with Crippen LogP contribution in [0.5, 0.6) is 5.75 Å². The van der Waals surface area contributed by atoms with E-state index in [-0.39, 0.29) is 6.10 Å². The van der Waals surface area contributed by atoms with Crippen LogP contribution in [0.15, 0.2) is 55.1 Å². The number of hydrogen-bond donors (Lipinski definition) is 2. The molecule has 2 aromatic carbocycles. The van der Waals surface area contributed by atoms with Crippen molar-refractivity contribution in [3.8, 4) is 17.0 Å². The number of rotatable bonds is 6. The molecule has 0 fully saturated rings. The molecular formula is C22H25N3O3. The largest absolute Gasteiger partial charge is 0.497 e. The Morgan fingerprint density at radius 3 is 2.79 bits per heavy atom. The van der Waals surface area contributed by atoms with Crippen LogP contribution >= 0.6 is 0 Å². The van der Waals surface area contributed by atoms with Gasteiger partial charge in [-0.2, -0.15) is 0 Å². The van der Waals surface area contributed by atoms with Crippen LogP contribution in [0.3, 0.4) is 0 Å². The van der Waals surface area contributed by atoms with Crippen molar-refractivity contribution in [1.29, 1.82) is 0 Å². The van der Waals surface area contributed by atoms with Crippen LogP contribution in [-0.2, 0) is 11.3 Å². The van der Waals surface area contributed by atoms with Crippen LogP contribution in [0.2, 0.25) is 0 Å². The van der Waals surface area contributed by atoms with Gasteiger partial charge in [0.05, 0.1) is 24.0 Å². The zero-order chi connectivity index (χ0) is 20.3. The number of aromatic nitrogens is 1. The maximum Gasteiger partial charge on any atom is 0.412 e. The number of ether oxygens (including phenoxy) is 2. The van der Waals surface area contributed by atoms with Gasteiger partial charge in [-0.3, -0.25) is 5.32 Å². The SMILES string of the molecule is C=CC(C)OC(=O)Nc1cccc(-c2c(N)c3ccc(OC)cc3n2CC)c1. The van der Waals surface area contributed by atoms with Crippen molar-refractivity contribution in [2.75, 3.05) is 18.2 Å². The van der Waals surface area contributed by atoms with E-state index < -0.39 is 6.09 Å². The third-order valence-electron chi connectivity index (χ3n) is 4.63. The first kappa shape index (κ1) is 19.4. The number of nitrogens with two attached hydrogens (primary N) is 1. The molecule has 0 bridgehead atoms. The summed E-state index contributed by atoms with van der Waals surface area (Å²) >= 11 is 0. The lowest BCUT2D eigenvalue weighted by molar-refractivity contribution is 0.142. The molecule has 0 saturated heterocycles. The topological polar surface area (TPSA) is 78.5 Å². The van der Waals surface area contributed by atoms with Crippen LogP contribution in [0.25, 0.3) is 22.2 Å². The second kappa shape index (κ2) is 8.08. The van der Waals surface area contributed by atoms with E-state index in [4.69, 9.17) is 15.2 Å². The summed E-state index contributed by atoms with van der Waals surface area (Å²) in [5.41, 5.74) is 10.6. The molecule has 0 saturated carbocycles. The highest BCUT2D eigenvalue weighted by Gasteiger charge is 2.17. The van der Waals surface area contributed by atoms with Gasteiger partial charge in [0.1, 0.15) is 11.9 Å². The van der Waals surface area contributed by atoms with Crippen molar-refractivity contribution in [2.24, 2.45) is 0 Å². The van der Waals surface area contributed by atoms with E-state index in [2.05, 4.69) is 23.4 Å². The summed E-state index contributed by atoms with van der Waals surface area (Å²) in [6, 6.07) is 13.4. The van der Waals surface area contributed by atoms with Crippen molar-refractivity contribution in [1.82, 2.24) is 4.57 Å². The average Bonchev–Trinajstić information content (AvgIpc) is 2.98. The summed E-state index contributed by atoms with van der Waals surface area (Å²) in [7, 11) is 1.64. The maximum absolute atomic E-state index is 12.0. The minimum absolute atomic E-state index is 0.364. The lowest BCUT2D eigenvalue weighted by Crippen LogP contribution is -2.18. The van der Waals surface area contributed by atoms with Crippen molar-refractivity contribution in [3.63, 3.8) is 0 Å². The standard InChI is InChI=1S/C22H25N3O3/c1-5-14(3)28-22(26)24-16-9-7-8-15(12-16)21-20(23)18-11-10-17(27-4)13-19(18)25(21)6-2/h5,7-14H,1,6,23H2,2-4H3,(H,24,26). The van der Waals surface area contributed by atoms with E-state index in [1.165, 1.54) is 0 Å². The van der Waals surface area contributed by atoms with Gasteiger partial charge in [-0.05, 0) is 38.1 Å². The first-order valence-corrected chi connectivity index (χ1v) is 9.14. The Balaban J connectivity index is 2.02. The predicted molar refractivity (Wildman–Crippen MR) is 114 cm³/mol. The van der Waals surface area contributed by atoms with Crippen LogP contribution in [0.1, 0.15) is 13.8 Å². The molecule has 1 unspecified atom stereocenters. The second-order valence-electron chi connectivity index (χ2n) is 6.44. The Morgan fingerprint density at radius 2 is 2.11 bits per heavy atom. The highest BCUT2D eigenvalue weighted by Crippen LogP contribution is 2.38. The Labute approximate surface area is 164 Å². The first-order chi connectivity index (χ1) is 13.5. The highest BCUT2D eigenvalue weighted by atomic mass is 16.6. The molecule has 146 valence electrons. The zero-order valence-electron chi connectivity index (χ0n) is 16.4. The second-order valence-corrected chi connectivity index (χ2v) is 6.44. The van der Waals surface area contributed by atoms with Crippen LogP contribution in [0, 0.1) is 0 Å². The van der Waals surface area contributed by atoms with E-state index in [0.717, 1.165) is 34.5 Å². The molecular weight excluding hydrogens is 354 g/mol. The fourth-order valence-corrected chi connectivity index (χ4v) is 3.23. The van der Waals surface area contributed by atoms with Gasteiger partial charge in [0, 0.05) is 29.2 Å². The van der Waals surface area contributed by atoms with Crippen LogP contribution < -0.4 is 15.8 Å². The van der Waals surface area contributed by atoms with Crippen molar-refractivity contribution >= 4 is 28.4 Å². The van der Waals surface area contributed by atoms with Gasteiger partial charge >= 0.3 is 6.09 Å². The highest BCUT2D eigenvalue weighted by molar-refractivity contribution is 6.02. The number of aryl methyl sites for hydroxylation is 1.